The van der Waals surface area contributed by atoms with Gasteiger partial charge in [0.25, 0.3) is 0 Å². The highest BCUT2D eigenvalue weighted by Gasteiger charge is 2.27. The van der Waals surface area contributed by atoms with Crippen LogP contribution in [0.4, 0.5) is 0 Å². The summed E-state index contributed by atoms with van der Waals surface area (Å²) in [6.45, 7) is 7.02. The molecule has 130 valence electrons. The minimum absolute atomic E-state index is 0.0903. The minimum atomic E-state index is 0.0903. The van der Waals surface area contributed by atoms with Crippen molar-refractivity contribution in [3.8, 4) is 0 Å². The molecule has 6 nitrogen and oxygen atoms in total. The Morgan fingerprint density at radius 3 is 2.96 bits per heavy atom. The maximum Gasteiger partial charge on any atom is 0.174 e. The molecule has 2 aromatic heterocycles. The number of ether oxygens (including phenoxy) is 1. The van der Waals surface area contributed by atoms with Crippen molar-refractivity contribution in [3.05, 3.63) is 34.0 Å². The van der Waals surface area contributed by atoms with E-state index in [-0.39, 0.29) is 11.8 Å². The largest absolute Gasteiger partial charge is 0.378 e. The quantitative estimate of drug-likeness (QED) is 0.751. The molecule has 0 amide bonds. The Hall–Kier alpha value is -1.57. The average molecular weight is 348 g/mol. The van der Waals surface area contributed by atoms with Crippen molar-refractivity contribution in [2.24, 2.45) is 7.05 Å². The molecular weight excluding hydrogens is 324 g/mol. The van der Waals surface area contributed by atoms with Gasteiger partial charge in [-0.1, -0.05) is 19.9 Å². The van der Waals surface area contributed by atoms with Gasteiger partial charge in [-0.3, -0.25) is 9.69 Å². The predicted molar refractivity (Wildman–Crippen MR) is 93.4 cm³/mol. The standard InChI is InChI=1S/C17H24N4O2S/c1-12(2)17-19-18-16(20(17)3)10-21-6-7-23-11-13(21)9-14(22)15-5-4-8-24-15/h4-5,8,12-13H,6-7,9-11H2,1-3H3/t13-/m1/s1. The number of aromatic nitrogens is 3. The van der Waals surface area contributed by atoms with Gasteiger partial charge in [-0.25, -0.2) is 0 Å². The zero-order valence-corrected chi connectivity index (χ0v) is 15.3. The summed E-state index contributed by atoms with van der Waals surface area (Å²) in [5.74, 6) is 2.46. The summed E-state index contributed by atoms with van der Waals surface area (Å²) >= 11 is 1.50. The first-order chi connectivity index (χ1) is 11.6. The van der Waals surface area contributed by atoms with Crippen LogP contribution in [0.5, 0.6) is 0 Å². The van der Waals surface area contributed by atoms with Gasteiger partial charge in [0.2, 0.25) is 0 Å². The monoisotopic (exact) mass is 348 g/mol. The van der Waals surface area contributed by atoms with E-state index in [4.69, 9.17) is 4.74 Å². The second-order valence-corrected chi connectivity index (χ2v) is 7.44. The van der Waals surface area contributed by atoms with Gasteiger partial charge in [-0.2, -0.15) is 0 Å². The van der Waals surface area contributed by atoms with Crippen molar-refractivity contribution in [2.75, 3.05) is 19.8 Å². The van der Waals surface area contributed by atoms with E-state index in [1.165, 1.54) is 11.3 Å². The summed E-state index contributed by atoms with van der Waals surface area (Å²) in [6.07, 6.45) is 0.482. The molecule has 1 aliphatic rings. The van der Waals surface area contributed by atoms with Crippen molar-refractivity contribution in [1.82, 2.24) is 19.7 Å². The Balaban J connectivity index is 1.69. The first kappa shape index (κ1) is 17.3. The lowest BCUT2D eigenvalue weighted by Gasteiger charge is -2.34. The Labute approximate surface area is 146 Å². The van der Waals surface area contributed by atoms with Crippen molar-refractivity contribution in [3.63, 3.8) is 0 Å². The molecule has 3 rings (SSSR count). The molecule has 0 saturated carbocycles. The van der Waals surface area contributed by atoms with Crippen molar-refractivity contribution in [1.29, 1.82) is 0 Å². The van der Waals surface area contributed by atoms with Gasteiger partial charge in [0, 0.05) is 32.0 Å². The maximum absolute atomic E-state index is 12.4. The Morgan fingerprint density at radius 1 is 1.46 bits per heavy atom. The summed E-state index contributed by atoms with van der Waals surface area (Å²) in [5.41, 5.74) is 0. The summed E-state index contributed by atoms with van der Waals surface area (Å²) in [6, 6.07) is 3.89. The summed E-state index contributed by atoms with van der Waals surface area (Å²) in [5, 5.41) is 10.6. The highest BCUT2D eigenvalue weighted by Crippen LogP contribution is 2.20. The molecule has 0 unspecified atom stereocenters. The molecule has 1 aliphatic heterocycles. The number of carbonyl (C=O) groups excluding carboxylic acids is 1. The second-order valence-electron chi connectivity index (χ2n) is 6.49. The zero-order valence-electron chi connectivity index (χ0n) is 14.4. The van der Waals surface area contributed by atoms with Gasteiger partial charge in [-0.05, 0) is 11.4 Å². The topological polar surface area (TPSA) is 60.2 Å². The number of hydrogen-bond donors (Lipinski definition) is 0. The van der Waals surface area contributed by atoms with E-state index >= 15 is 0 Å². The fourth-order valence-electron chi connectivity index (χ4n) is 3.03. The van der Waals surface area contributed by atoms with E-state index < -0.39 is 0 Å². The fraction of sp³-hybridized carbons (Fsp3) is 0.588. The van der Waals surface area contributed by atoms with E-state index in [0.717, 1.165) is 23.1 Å². The molecule has 1 saturated heterocycles. The van der Waals surface area contributed by atoms with Gasteiger partial charge >= 0.3 is 0 Å². The van der Waals surface area contributed by atoms with Crippen molar-refractivity contribution < 1.29 is 9.53 Å². The maximum atomic E-state index is 12.4. The van der Waals surface area contributed by atoms with Crippen molar-refractivity contribution in [2.45, 2.75) is 38.8 Å². The first-order valence-electron chi connectivity index (χ1n) is 8.33. The van der Waals surface area contributed by atoms with Crippen LogP contribution in [0.1, 0.15) is 47.5 Å². The van der Waals surface area contributed by atoms with Crippen LogP contribution in [0.15, 0.2) is 17.5 Å². The number of Topliss-reactive ketones (excluding diaryl/α,β-unsaturated/α-hetero) is 1. The van der Waals surface area contributed by atoms with Gasteiger partial charge in [0.1, 0.15) is 11.6 Å². The number of thiophene rings is 1. The molecule has 0 aliphatic carbocycles. The Kier molecular flexibility index (Phi) is 5.43. The molecule has 24 heavy (non-hydrogen) atoms. The Morgan fingerprint density at radius 2 is 2.29 bits per heavy atom. The van der Waals surface area contributed by atoms with Crippen LogP contribution in [0, 0.1) is 0 Å². The molecule has 1 fully saturated rings. The third-order valence-electron chi connectivity index (χ3n) is 4.43. The van der Waals surface area contributed by atoms with E-state index in [0.29, 0.717) is 32.1 Å². The molecule has 3 heterocycles. The van der Waals surface area contributed by atoms with Gasteiger partial charge < -0.3 is 9.30 Å². The van der Waals surface area contributed by atoms with E-state index in [9.17, 15) is 4.79 Å². The van der Waals surface area contributed by atoms with Crippen LogP contribution in [-0.4, -0.2) is 51.2 Å². The Bertz CT molecular complexity index is 681. The molecule has 0 radical (unpaired) electrons. The number of morpholine rings is 1. The second kappa shape index (κ2) is 7.55. The molecule has 0 N–H and O–H groups in total. The minimum Gasteiger partial charge on any atom is -0.378 e. The van der Waals surface area contributed by atoms with Crippen LogP contribution in [-0.2, 0) is 18.3 Å². The third-order valence-corrected chi connectivity index (χ3v) is 5.34. The molecule has 0 aromatic carbocycles. The molecule has 0 bridgehead atoms. The average Bonchev–Trinajstić information content (AvgIpc) is 3.20. The number of carbonyl (C=O) groups is 1. The van der Waals surface area contributed by atoms with Crippen LogP contribution >= 0.6 is 11.3 Å². The number of hydrogen-bond acceptors (Lipinski definition) is 6. The van der Waals surface area contributed by atoms with Crippen LogP contribution in [0.3, 0.4) is 0 Å². The molecule has 7 heteroatoms. The third kappa shape index (κ3) is 3.74. The van der Waals surface area contributed by atoms with Crippen LogP contribution in [0.25, 0.3) is 0 Å². The van der Waals surface area contributed by atoms with E-state index in [2.05, 4.69) is 33.5 Å². The van der Waals surface area contributed by atoms with E-state index in [1.807, 2.05) is 24.6 Å². The lowest BCUT2D eigenvalue weighted by Crippen LogP contribution is -2.46. The zero-order chi connectivity index (χ0) is 17.1. The number of ketones is 1. The summed E-state index contributed by atoms with van der Waals surface area (Å²) in [7, 11) is 2.01. The molecule has 0 spiro atoms. The van der Waals surface area contributed by atoms with Gasteiger partial charge in [0.05, 0.1) is 24.6 Å². The fourth-order valence-corrected chi connectivity index (χ4v) is 3.71. The first-order valence-corrected chi connectivity index (χ1v) is 9.21. The molecule has 2 aromatic rings. The lowest BCUT2D eigenvalue weighted by atomic mass is 10.1. The highest BCUT2D eigenvalue weighted by atomic mass is 32.1. The lowest BCUT2D eigenvalue weighted by molar-refractivity contribution is -0.0140. The summed E-state index contributed by atoms with van der Waals surface area (Å²) in [4.78, 5) is 15.5. The SMILES string of the molecule is CC(C)c1nnc(CN2CCOC[C@H]2CC(=O)c2cccs2)n1C. The van der Waals surface area contributed by atoms with Crippen LogP contribution < -0.4 is 0 Å². The molecular formula is C17H24N4O2S. The smallest absolute Gasteiger partial charge is 0.174 e. The van der Waals surface area contributed by atoms with E-state index in [1.54, 1.807) is 0 Å². The van der Waals surface area contributed by atoms with Crippen molar-refractivity contribution >= 4 is 17.1 Å². The number of nitrogens with zero attached hydrogens (tertiary/aromatic N) is 4. The highest BCUT2D eigenvalue weighted by molar-refractivity contribution is 7.12. The predicted octanol–water partition coefficient (Wildman–Crippen LogP) is 2.47. The molecule has 1 atom stereocenters. The normalized spacial score (nSPS) is 19.1. The van der Waals surface area contributed by atoms with Gasteiger partial charge in [0.15, 0.2) is 5.78 Å². The van der Waals surface area contributed by atoms with Crippen LogP contribution in [0.2, 0.25) is 0 Å². The van der Waals surface area contributed by atoms with Gasteiger partial charge in [-0.15, -0.1) is 21.5 Å². The number of rotatable bonds is 6. The summed E-state index contributed by atoms with van der Waals surface area (Å²) < 4.78 is 7.68.